The maximum absolute atomic E-state index is 13.6. The zero-order chi connectivity index (χ0) is 21.3. The molecule has 4 rings (SSSR count). The Morgan fingerprint density at radius 2 is 1.93 bits per heavy atom. The monoisotopic (exact) mass is 444 g/mol. The van der Waals surface area contributed by atoms with Gasteiger partial charge in [0.25, 0.3) is 5.56 Å². The fourth-order valence-electron chi connectivity index (χ4n) is 2.79. The lowest BCUT2D eigenvalue weighted by molar-refractivity contribution is -0.136. The number of benzene rings is 1. The summed E-state index contributed by atoms with van der Waals surface area (Å²) in [6, 6.07) is 13.1. The van der Waals surface area contributed by atoms with Crippen molar-refractivity contribution >= 4 is 34.1 Å². The van der Waals surface area contributed by atoms with Gasteiger partial charge in [0.2, 0.25) is 0 Å². The SMILES string of the molecule is N#Cc1ccc(CSc2nc3nc(-c4cccs4)cc(C(F)(F)F)c3c(=O)[nH]2)cc1. The summed E-state index contributed by atoms with van der Waals surface area (Å²) in [4.78, 5) is 23.8. The molecule has 0 saturated carbocycles. The van der Waals surface area contributed by atoms with E-state index in [-0.39, 0.29) is 16.5 Å². The minimum Gasteiger partial charge on any atom is -0.301 e. The Morgan fingerprint density at radius 1 is 1.17 bits per heavy atom. The average molecular weight is 444 g/mol. The second-order valence-electron chi connectivity index (χ2n) is 6.20. The average Bonchev–Trinajstić information content (AvgIpc) is 3.26. The number of thiophene rings is 1. The number of nitrogens with zero attached hydrogens (tertiary/aromatic N) is 3. The van der Waals surface area contributed by atoms with Crippen molar-refractivity contribution in [1.29, 1.82) is 5.26 Å². The third-order valence-corrected chi connectivity index (χ3v) is 6.03. The van der Waals surface area contributed by atoms with E-state index in [0.29, 0.717) is 16.2 Å². The first-order valence-electron chi connectivity index (χ1n) is 8.53. The number of H-pyrrole nitrogens is 1. The molecule has 10 heteroatoms. The first kappa shape index (κ1) is 20.1. The Bertz CT molecular complexity index is 1310. The first-order valence-corrected chi connectivity index (χ1v) is 10.4. The van der Waals surface area contributed by atoms with Crippen LogP contribution in [-0.2, 0) is 11.9 Å². The van der Waals surface area contributed by atoms with E-state index in [9.17, 15) is 18.0 Å². The van der Waals surface area contributed by atoms with Crippen LogP contribution in [0.4, 0.5) is 13.2 Å². The van der Waals surface area contributed by atoms with Gasteiger partial charge in [-0.1, -0.05) is 30.0 Å². The lowest BCUT2D eigenvalue weighted by Crippen LogP contribution is -2.17. The smallest absolute Gasteiger partial charge is 0.301 e. The number of pyridine rings is 1. The molecule has 3 heterocycles. The Kier molecular flexibility index (Phi) is 5.32. The summed E-state index contributed by atoms with van der Waals surface area (Å²) in [5.41, 5.74) is -0.692. The summed E-state index contributed by atoms with van der Waals surface area (Å²) >= 11 is 2.42. The largest absolute Gasteiger partial charge is 0.417 e. The number of fused-ring (bicyclic) bond motifs is 1. The fourth-order valence-corrected chi connectivity index (χ4v) is 4.29. The molecule has 0 aliphatic carbocycles. The van der Waals surface area contributed by atoms with E-state index in [0.717, 1.165) is 23.4 Å². The standard InChI is InChI=1S/C20H11F3N4OS2/c21-20(22,23)13-8-14(15-2-1-7-29-15)25-17-16(13)18(28)27-19(26-17)30-10-12-5-3-11(9-24)4-6-12/h1-8H,10H2,(H,25,26,27,28). The van der Waals surface area contributed by atoms with Crippen molar-refractivity contribution in [2.24, 2.45) is 0 Å². The summed E-state index contributed by atoms with van der Waals surface area (Å²) < 4.78 is 40.9. The van der Waals surface area contributed by atoms with Crippen LogP contribution in [0.2, 0.25) is 0 Å². The Labute approximate surface area is 176 Å². The molecule has 3 aromatic heterocycles. The van der Waals surface area contributed by atoms with Gasteiger partial charge in [-0.25, -0.2) is 9.97 Å². The fraction of sp³-hybridized carbons (Fsp3) is 0.100. The van der Waals surface area contributed by atoms with Gasteiger partial charge in [-0.2, -0.15) is 18.4 Å². The summed E-state index contributed by atoms with van der Waals surface area (Å²) in [5, 5.41) is 10.2. The molecule has 0 atom stereocenters. The van der Waals surface area contributed by atoms with Crippen LogP contribution in [0.25, 0.3) is 21.6 Å². The highest BCUT2D eigenvalue weighted by molar-refractivity contribution is 7.98. The molecule has 1 N–H and O–H groups in total. The number of nitriles is 1. The topological polar surface area (TPSA) is 82.4 Å². The molecular weight excluding hydrogens is 433 g/mol. The van der Waals surface area contributed by atoms with Crippen molar-refractivity contribution in [1.82, 2.24) is 15.0 Å². The summed E-state index contributed by atoms with van der Waals surface area (Å²) in [6.07, 6.45) is -4.72. The maximum atomic E-state index is 13.6. The summed E-state index contributed by atoms with van der Waals surface area (Å²) in [6.45, 7) is 0. The van der Waals surface area contributed by atoms with Crippen LogP contribution in [0.3, 0.4) is 0 Å². The Balaban J connectivity index is 1.76. The van der Waals surface area contributed by atoms with Crippen molar-refractivity contribution in [3.05, 3.63) is 74.9 Å². The maximum Gasteiger partial charge on any atom is 0.417 e. The van der Waals surface area contributed by atoms with Crippen molar-refractivity contribution < 1.29 is 13.2 Å². The molecule has 0 radical (unpaired) electrons. The molecule has 5 nitrogen and oxygen atoms in total. The zero-order valence-corrected chi connectivity index (χ0v) is 16.7. The van der Waals surface area contributed by atoms with Crippen molar-refractivity contribution in [3.63, 3.8) is 0 Å². The van der Waals surface area contributed by atoms with Gasteiger partial charge in [0.15, 0.2) is 10.8 Å². The van der Waals surface area contributed by atoms with E-state index < -0.39 is 22.7 Å². The molecule has 0 fully saturated rings. The number of hydrogen-bond acceptors (Lipinski definition) is 6. The van der Waals surface area contributed by atoms with E-state index in [4.69, 9.17) is 5.26 Å². The molecule has 30 heavy (non-hydrogen) atoms. The van der Waals surface area contributed by atoms with Crippen LogP contribution in [0.1, 0.15) is 16.7 Å². The Morgan fingerprint density at radius 3 is 2.57 bits per heavy atom. The Hall–Kier alpha value is -3.16. The number of rotatable bonds is 4. The van der Waals surface area contributed by atoms with Crippen LogP contribution in [0.5, 0.6) is 0 Å². The molecular formula is C20H11F3N4OS2. The second-order valence-corrected chi connectivity index (χ2v) is 8.11. The number of halogens is 3. The van der Waals surface area contributed by atoms with Crippen LogP contribution in [-0.4, -0.2) is 15.0 Å². The molecule has 0 aliphatic heterocycles. The summed E-state index contributed by atoms with van der Waals surface area (Å²) in [5.74, 6) is 0.414. The normalized spacial score (nSPS) is 11.5. The van der Waals surface area contributed by atoms with Crippen LogP contribution in [0.15, 0.2) is 57.8 Å². The van der Waals surface area contributed by atoms with Crippen molar-refractivity contribution in [3.8, 4) is 16.6 Å². The number of nitrogens with one attached hydrogen (secondary N) is 1. The van der Waals surface area contributed by atoms with Gasteiger partial charge in [0.1, 0.15) is 0 Å². The highest BCUT2D eigenvalue weighted by Crippen LogP contribution is 2.36. The van der Waals surface area contributed by atoms with Gasteiger partial charge < -0.3 is 4.98 Å². The molecule has 0 spiro atoms. The predicted molar refractivity (Wildman–Crippen MR) is 109 cm³/mol. The number of aromatic amines is 1. The molecule has 0 saturated heterocycles. The highest BCUT2D eigenvalue weighted by atomic mass is 32.2. The van der Waals surface area contributed by atoms with Gasteiger partial charge in [-0.3, -0.25) is 4.79 Å². The first-order chi connectivity index (χ1) is 14.3. The van der Waals surface area contributed by atoms with Crippen LogP contribution < -0.4 is 5.56 Å². The van der Waals surface area contributed by atoms with Crippen molar-refractivity contribution in [2.45, 2.75) is 17.1 Å². The molecule has 0 amide bonds. The molecule has 0 unspecified atom stereocenters. The van der Waals surface area contributed by atoms with Gasteiger partial charge >= 0.3 is 6.18 Å². The quantitative estimate of drug-likeness (QED) is 0.344. The van der Waals surface area contributed by atoms with Gasteiger partial charge in [0, 0.05) is 5.75 Å². The van der Waals surface area contributed by atoms with Crippen molar-refractivity contribution in [2.75, 3.05) is 0 Å². The molecule has 0 aliphatic rings. The molecule has 1 aromatic carbocycles. The second kappa shape index (κ2) is 7.93. The van der Waals surface area contributed by atoms with E-state index in [1.54, 1.807) is 41.8 Å². The number of alkyl halides is 3. The highest BCUT2D eigenvalue weighted by Gasteiger charge is 2.35. The van der Waals surface area contributed by atoms with E-state index in [1.165, 1.54) is 11.3 Å². The van der Waals surface area contributed by atoms with Crippen LogP contribution in [0, 0.1) is 11.3 Å². The lowest BCUT2D eigenvalue weighted by Gasteiger charge is -2.11. The molecule has 0 bridgehead atoms. The number of aromatic nitrogens is 3. The molecule has 4 aromatic rings. The molecule has 150 valence electrons. The van der Waals surface area contributed by atoms with Gasteiger partial charge in [-0.15, -0.1) is 11.3 Å². The predicted octanol–water partition coefficient (Wildman–Crippen LogP) is 5.23. The summed E-state index contributed by atoms with van der Waals surface area (Å²) in [7, 11) is 0. The minimum atomic E-state index is -4.72. The van der Waals surface area contributed by atoms with Gasteiger partial charge in [0.05, 0.1) is 33.2 Å². The van der Waals surface area contributed by atoms with E-state index in [2.05, 4.69) is 15.0 Å². The number of hydrogen-bond donors (Lipinski definition) is 1. The van der Waals surface area contributed by atoms with Crippen LogP contribution >= 0.6 is 23.1 Å². The third kappa shape index (κ3) is 4.08. The van der Waals surface area contributed by atoms with E-state index in [1.807, 2.05) is 6.07 Å². The third-order valence-electron chi connectivity index (χ3n) is 4.19. The number of thioether (sulfide) groups is 1. The minimum absolute atomic E-state index is 0.117. The van der Waals surface area contributed by atoms with Gasteiger partial charge in [-0.05, 0) is 35.2 Å². The van der Waals surface area contributed by atoms with E-state index >= 15 is 0 Å². The zero-order valence-electron chi connectivity index (χ0n) is 15.0. The lowest BCUT2D eigenvalue weighted by atomic mass is 10.1.